The van der Waals surface area contributed by atoms with E-state index in [0.29, 0.717) is 10.9 Å². The van der Waals surface area contributed by atoms with Crippen LogP contribution in [-0.2, 0) is 21.2 Å². The van der Waals surface area contributed by atoms with Gasteiger partial charge in [0.1, 0.15) is 5.82 Å². The highest BCUT2D eigenvalue weighted by Gasteiger charge is 2.23. The number of aromatic nitrogens is 1. The molecular formula is C22H15FN2O3S. The number of fused-ring (bicyclic) bond motifs is 2. The fourth-order valence-corrected chi connectivity index (χ4v) is 5.09. The summed E-state index contributed by atoms with van der Waals surface area (Å²) in [6.45, 7) is 0. The minimum Gasteiger partial charge on any atom is -0.326 e. The highest BCUT2D eigenvalue weighted by Crippen LogP contribution is 2.36. The molecular weight excluding hydrogens is 391 g/mol. The second kappa shape index (κ2) is 6.28. The molecule has 0 atom stereocenters. The normalized spacial score (nSPS) is 13.5. The van der Waals surface area contributed by atoms with E-state index in [4.69, 9.17) is 0 Å². The minimum atomic E-state index is -3.91. The van der Waals surface area contributed by atoms with Crippen LogP contribution in [0.1, 0.15) is 5.56 Å². The first kappa shape index (κ1) is 17.6. The Hall–Kier alpha value is -3.45. The fraction of sp³-hybridized carbons (Fsp3) is 0.0455. The Morgan fingerprint density at radius 2 is 1.76 bits per heavy atom. The lowest BCUT2D eigenvalue weighted by atomic mass is 10.0. The molecule has 1 aliphatic rings. The zero-order valence-corrected chi connectivity index (χ0v) is 15.9. The van der Waals surface area contributed by atoms with Gasteiger partial charge >= 0.3 is 0 Å². The SMILES string of the molecule is O=C1Cc2cc(-c3cn(S(=O)(=O)c4ccccc4)c4cc(F)ccc34)ccc2N1. The van der Waals surface area contributed by atoms with Gasteiger partial charge in [-0.25, -0.2) is 16.8 Å². The topological polar surface area (TPSA) is 68.2 Å². The van der Waals surface area contributed by atoms with E-state index in [9.17, 15) is 17.6 Å². The number of amides is 1. The summed E-state index contributed by atoms with van der Waals surface area (Å²) in [4.78, 5) is 11.8. The van der Waals surface area contributed by atoms with Crippen LogP contribution in [0.4, 0.5) is 10.1 Å². The van der Waals surface area contributed by atoms with Gasteiger partial charge in [-0.15, -0.1) is 0 Å². The molecule has 0 radical (unpaired) electrons. The van der Waals surface area contributed by atoms with Crippen LogP contribution in [0.3, 0.4) is 0 Å². The van der Waals surface area contributed by atoms with Gasteiger partial charge in [-0.3, -0.25) is 4.79 Å². The van der Waals surface area contributed by atoms with Gasteiger partial charge in [-0.1, -0.05) is 24.3 Å². The lowest BCUT2D eigenvalue weighted by Gasteiger charge is -2.07. The van der Waals surface area contributed by atoms with Crippen LogP contribution in [0.5, 0.6) is 0 Å². The summed E-state index contributed by atoms with van der Waals surface area (Å²) >= 11 is 0. The van der Waals surface area contributed by atoms with Crippen molar-refractivity contribution in [1.82, 2.24) is 3.97 Å². The van der Waals surface area contributed by atoms with E-state index in [0.717, 1.165) is 20.8 Å². The minimum absolute atomic E-state index is 0.0756. The highest BCUT2D eigenvalue weighted by molar-refractivity contribution is 7.90. The van der Waals surface area contributed by atoms with E-state index < -0.39 is 15.8 Å². The summed E-state index contributed by atoms with van der Waals surface area (Å²) < 4.78 is 41.5. The molecule has 4 aromatic rings. The van der Waals surface area contributed by atoms with Crippen molar-refractivity contribution in [2.75, 3.05) is 5.32 Å². The van der Waals surface area contributed by atoms with E-state index in [1.54, 1.807) is 30.3 Å². The molecule has 1 amide bonds. The number of benzene rings is 3. The third-order valence-corrected chi connectivity index (χ3v) is 6.76. The van der Waals surface area contributed by atoms with Gasteiger partial charge in [-0.05, 0) is 53.6 Å². The molecule has 5 rings (SSSR count). The maximum absolute atomic E-state index is 14.0. The predicted octanol–water partition coefficient (Wildman–Crippen LogP) is 4.18. The average Bonchev–Trinajstić information content (AvgIpc) is 3.27. The molecule has 0 spiro atoms. The van der Waals surface area contributed by atoms with Crippen molar-refractivity contribution < 1.29 is 17.6 Å². The fourth-order valence-electron chi connectivity index (χ4n) is 3.70. The van der Waals surface area contributed by atoms with Crippen molar-refractivity contribution in [1.29, 1.82) is 0 Å². The summed E-state index contributed by atoms with van der Waals surface area (Å²) in [5.74, 6) is -0.594. The Morgan fingerprint density at radius 1 is 0.966 bits per heavy atom. The number of nitrogens with one attached hydrogen (secondary N) is 1. The molecule has 1 aromatic heterocycles. The van der Waals surface area contributed by atoms with Crippen LogP contribution in [0.2, 0.25) is 0 Å². The second-order valence-corrected chi connectivity index (χ2v) is 8.73. The number of carbonyl (C=O) groups is 1. The molecule has 0 saturated heterocycles. The summed E-state index contributed by atoms with van der Waals surface area (Å²) in [5.41, 5.74) is 3.28. The monoisotopic (exact) mass is 406 g/mol. The van der Waals surface area contributed by atoms with Gasteiger partial charge in [0.05, 0.1) is 16.8 Å². The van der Waals surface area contributed by atoms with E-state index >= 15 is 0 Å². The molecule has 5 nitrogen and oxygen atoms in total. The predicted molar refractivity (Wildman–Crippen MR) is 109 cm³/mol. The number of anilines is 1. The van der Waals surface area contributed by atoms with Crippen LogP contribution in [0.25, 0.3) is 22.0 Å². The molecule has 1 aliphatic heterocycles. The molecule has 0 fully saturated rings. The summed E-state index contributed by atoms with van der Waals surface area (Å²) in [5, 5.41) is 3.40. The van der Waals surface area contributed by atoms with Gasteiger partial charge in [0.2, 0.25) is 5.91 Å². The van der Waals surface area contributed by atoms with Crippen LogP contribution in [0, 0.1) is 5.82 Å². The van der Waals surface area contributed by atoms with Crippen LogP contribution in [0.15, 0.2) is 77.8 Å². The number of nitrogens with zero attached hydrogens (tertiary/aromatic N) is 1. The Kier molecular flexibility index (Phi) is 3.82. The zero-order chi connectivity index (χ0) is 20.2. The maximum atomic E-state index is 14.0. The van der Waals surface area contributed by atoms with E-state index in [1.165, 1.54) is 30.5 Å². The van der Waals surface area contributed by atoms with Crippen molar-refractivity contribution in [2.24, 2.45) is 0 Å². The Morgan fingerprint density at radius 3 is 2.55 bits per heavy atom. The first-order valence-electron chi connectivity index (χ1n) is 8.98. The highest BCUT2D eigenvalue weighted by atomic mass is 32.2. The van der Waals surface area contributed by atoms with Gasteiger partial charge in [0.15, 0.2) is 0 Å². The van der Waals surface area contributed by atoms with Crippen molar-refractivity contribution in [2.45, 2.75) is 11.3 Å². The maximum Gasteiger partial charge on any atom is 0.268 e. The molecule has 0 aliphatic carbocycles. The first-order chi connectivity index (χ1) is 13.9. The molecule has 7 heteroatoms. The number of halogens is 1. The largest absolute Gasteiger partial charge is 0.326 e. The lowest BCUT2D eigenvalue weighted by Crippen LogP contribution is -2.11. The molecule has 0 unspecified atom stereocenters. The van der Waals surface area contributed by atoms with E-state index in [1.807, 2.05) is 12.1 Å². The number of carbonyl (C=O) groups excluding carboxylic acids is 1. The number of hydrogen-bond donors (Lipinski definition) is 1. The quantitative estimate of drug-likeness (QED) is 0.555. The Labute approximate surface area is 166 Å². The summed E-state index contributed by atoms with van der Waals surface area (Å²) in [6, 6.07) is 17.6. The number of rotatable bonds is 3. The molecule has 3 aromatic carbocycles. The Bertz CT molecular complexity index is 1390. The van der Waals surface area contributed by atoms with Crippen LogP contribution >= 0.6 is 0 Å². The molecule has 29 heavy (non-hydrogen) atoms. The smallest absolute Gasteiger partial charge is 0.268 e. The van der Waals surface area contributed by atoms with Crippen LogP contribution < -0.4 is 5.32 Å². The summed E-state index contributed by atoms with van der Waals surface area (Å²) in [6.07, 6.45) is 1.79. The third kappa shape index (κ3) is 2.82. The average molecular weight is 406 g/mol. The second-order valence-electron chi connectivity index (χ2n) is 6.92. The number of hydrogen-bond acceptors (Lipinski definition) is 3. The lowest BCUT2D eigenvalue weighted by molar-refractivity contribution is -0.115. The van der Waals surface area contributed by atoms with E-state index in [-0.39, 0.29) is 22.7 Å². The van der Waals surface area contributed by atoms with Crippen LogP contribution in [-0.4, -0.2) is 18.3 Å². The van der Waals surface area contributed by atoms with Gasteiger partial charge in [-0.2, -0.15) is 0 Å². The molecule has 0 saturated carbocycles. The van der Waals surface area contributed by atoms with E-state index in [2.05, 4.69) is 5.32 Å². The molecule has 144 valence electrons. The molecule has 0 bridgehead atoms. The molecule has 2 heterocycles. The van der Waals surface area contributed by atoms with Gasteiger partial charge in [0.25, 0.3) is 10.0 Å². The van der Waals surface area contributed by atoms with Crippen molar-refractivity contribution >= 4 is 32.5 Å². The third-order valence-electron chi connectivity index (χ3n) is 5.08. The van der Waals surface area contributed by atoms with Crippen molar-refractivity contribution in [3.8, 4) is 11.1 Å². The standard InChI is InChI=1S/C22H15FN2O3S/c23-16-7-8-18-19(14-6-9-20-15(10-14)11-22(26)24-20)13-25(21(18)12-16)29(27,28)17-4-2-1-3-5-17/h1-10,12-13H,11H2,(H,24,26). The Balaban J connectivity index is 1.75. The van der Waals surface area contributed by atoms with Gasteiger partial charge in [0, 0.05) is 22.8 Å². The van der Waals surface area contributed by atoms with Crippen molar-refractivity contribution in [3.63, 3.8) is 0 Å². The van der Waals surface area contributed by atoms with Gasteiger partial charge < -0.3 is 5.32 Å². The molecule has 1 N–H and O–H groups in total. The van der Waals surface area contributed by atoms with Crippen molar-refractivity contribution in [3.05, 3.63) is 84.3 Å². The first-order valence-corrected chi connectivity index (χ1v) is 10.4. The summed E-state index contributed by atoms with van der Waals surface area (Å²) in [7, 11) is -3.91. The zero-order valence-electron chi connectivity index (χ0n) is 15.1.